The van der Waals surface area contributed by atoms with Gasteiger partial charge in [-0.05, 0) is 56.2 Å². The Morgan fingerprint density at radius 2 is 1.91 bits per heavy atom. The van der Waals surface area contributed by atoms with Gasteiger partial charge < -0.3 is 14.1 Å². The molecule has 1 amide bonds. The van der Waals surface area contributed by atoms with E-state index in [4.69, 9.17) is 14.1 Å². The van der Waals surface area contributed by atoms with Crippen molar-refractivity contribution >= 4 is 16.8 Å². The topological polar surface area (TPSA) is 77.6 Å². The van der Waals surface area contributed by atoms with Gasteiger partial charge in [-0.15, -0.1) is 0 Å². The fraction of sp³-hybridized carbons (Fsp3) is 0.296. The van der Waals surface area contributed by atoms with Crippen LogP contribution in [0.3, 0.4) is 0 Å². The van der Waals surface area contributed by atoms with E-state index in [0.29, 0.717) is 40.5 Å². The van der Waals surface area contributed by atoms with Gasteiger partial charge in [0, 0.05) is 5.92 Å². The molecule has 174 valence electrons. The summed E-state index contributed by atoms with van der Waals surface area (Å²) >= 11 is 0. The van der Waals surface area contributed by atoms with E-state index in [0.717, 1.165) is 19.3 Å². The van der Waals surface area contributed by atoms with Crippen molar-refractivity contribution in [3.8, 4) is 11.4 Å². The molecule has 0 radical (unpaired) electrons. The van der Waals surface area contributed by atoms with E-state index in [2.05, 4.69) is 0 Å². The zero-order valence-electron chi connectivity index (χ0n) is 19.3. The Morgan fingerprint density at radius 1 is 1.15 bits per heavy atom. The maximum Gasteiger partial charge on any atom is 0.266 e. The number of fused-ring (bicyclic) bond motifs is 1. The van der Waals surface area contributed by atoms with Crippen LogP contribution in [0.4, 0.5) is 0 Å². The summed E-state index contributed by atoms with van der Waals surface area (Å²) in [5, 5.41) is 0.507. The average molecular weight is 458 g/mol. The van der Waals surface area contributed by atoms with Gasteiger partial charge in [0.2, 0.25) is 5.91 Å². The van der Waals surface area contributed by atoms with E-state index in [1.807, 2.05) is 61.5 Å². The highest BCUT2D eigenvalue weighted by Crippen LogP contribution is 2.34. The summed E-state index contributed by atoms with van der Waals surface area (Å²) in [6.07, 6.45) is 4.42. The van der Waals surface area contributed by atoms with Crippen LogP contribution in [0.5, 0.6) is 5.75 Å². The Hall–Kier alpha value is -3.87. The zero-order chi connectivity index (χ0) is 23.7. The molecule has 1 saturated carbocycles. The van der Waals surface area contributed by atoms with Gasteiger partial charge in [-0.1, -0.05) is 30.7 Å². The first-order valence-electron chi connectivity index (χ1n) is 11.6. The molecule has 0 spiro atoms. The average Bonchev–Trinajstić information content (AvgIpc) is 3.34. The van der Waals surface area contributed by atoms with E-state index in [1.165, 1.54) is 0 Å². The van der Waals surface area contributed by atoms with Crippen LogP contribution in [0.15, 0.2) is 76.1 Å². The van der Waals surface area contributed by atoms with Crippen LogP contribution in [-0.4, -0.2) is 27.5 Å². The summed E-state index contributed by atoms with van der Waals surface area (Å²) in [4.78, 5) is 34.0. The van der Waals surface area contributed by atoms with E-state index in [1.54, 1.807) is 28.9 Å². The first-order valence-corrected chi connectivity index (χ1v) is 11.6. The molecule has 1 aliphatic carbocycles. The summed E-state index contributed by atoms with van der Waals surface area (Å²) in [5.41, 5.74) is 0.977. The highest BCUT2D eigenvalue weighted by Gasteiger charge is 2.34. The number of carbonyl (C=O) groups excluding carboxylic acids is 1. The van der Waals surface area contributed by atoms with Crippen LogP contribution in [0, 0.1) is 5.92 Å². The highest BCUT2D eigenvalue weighted by atomic mass is 16.5. The molecule has 2 heterocycles. The second-order valence-corrected chi connectivity index (χ2v) is 8.65. The number of para-hydroxylation sites is 3. The van der Waals surface area contributed by atoms with Gasteiger partial charge in [0.15, 0.2) is 0 Å². The van der Waals surface area contributed by atoms with Gasteiger partial charge in [0.25, 0.3) is 5.56 Å². The van der Waals surface area contributed by atoms with Crippen molar-refractivity contribution < 1.29 is 13.9 Å². The Labute approximate surface area is 197 Å². The van der Waals surface area contributed by atoms with Gasteiger partial charge >= 0.3 is 0 Å². The van der Waals surface area contributed by atoms with Gasteiger partial charge in [-0.3, -0.25) is 14.2 Å². The molecule has 0 N–H and O–H groups in total. The standard InChI is InChI=1S/C27H27N3O4/c1-18(29(17-20-11-8-16-34-20)26(31)19-9-7-10-19)25-28-22-13-4-3-12-21(22)27(32)30(25)23-14-5-6-15-24(23)33-2/h3-6,8,11-16,18-19H,7,9-10,17H2,1-2H3. The maximum atomic E-state index is 13.8. The largest absolute Gasteiger partial charge is 0.495 e. The lowest BCUT2D eigenvalue weighted by Gasteiger charge is -2.35. The number of hydrogen-bond donors (Lipinski definition) is 0. The lowest BCUT2D eigenvalue weighted by molar-refractivity contribution is -0.141. The van der Waals surface area contributed by atoms with Gasteiger partial charge in [-0.2, -0.15) is 0 Å². The van der Waals surface area contributed by atoms with Gasteiger partial charge in [0.1, 0.15) is 17.3 Å². The first kappa shape index (κ1) is 21.9. The van der Waals surface area contributed by atoms with E-state index in [9.17, 15) is 9.59 Å². The number of rotatable bonds is 7. The number of aromatic nitrogens is 2. The second kappa shape index (κ2) is 9.17. The molecule has 1 atom stereocenters. The fourth-order valence-electron chi connectivity index (χ4n) is 4.48. The van der Waals surface area contributed by atoms with Crippen molar-refractivity contribution in [1.29, 1.82) is 0 Å². The fourth-order valence-corrected chi connectivity index (χ4v) is 4.48. The molecule has 2 aromatic carbocycles. The Morgan fingerprint density at radius 3 is 2.62 bits per heavy atom. The first-order chi connectivity index (χ1) is 16.6. The highest BCUT2D eigenvalue weighted by molar-refractivity contribution is 5.81. The van der Waals surface area contributed by atoms with Crippen LogP contribution in [0.25, 0.3) is 16.6 Å². The molecule has 0 bridgehead atoms. The van der Waals surface area contributed by atoms with Crippen molar-refractivity contribution in [2.24, 2.45) is 5.92 Å². The molecule has 5 rings (SSSR count). The monoisotopic (exact) mass is 457 g/mol. The van der Waals surface area contributed by atoms with Gasteiger partial charge in [-0.25, -0.2) is 4.98 Å². The van der Waals surface area contributed by atoms with Crippen molar-refractivity contribution in [2.45, 2.75) is 38.8 Å². The maximum absolute atomic E-state index is 13.8. The minimum Gasteiger partial charge on any atom is -0.495 e. The molecule has 1 fully saturated rings. The smallest absolute Gasteiger partial charge is 0.266 e. The van der Waals surface area contributed by atoms with Crippen LogP contribution in [-0.2, 0) is 11.3 Å². The molecular weight excluding hydrogens is 430 g/mol. The Balaban J connectivity index is 1.70. The number of furan rings is 1. The number of ether oxygens (including phenoxy) is 1. The van der Waals surface area contributed by atoms with E-state index < -0.39 is 6.04 Å². The normalized spacial score (nSPS) is 14.5. The molecule has 4 aromatic rings. The lowest BCUT2D eigenvalue weighted by atomic mass is 9.84. The molecular formula is C27H27N3O4. The van der Waals surface area contributed by atoms with Crippen molar-refractivity contribution in [2.75, 3.05) is 7.11 Å². The predicted octanol–water partition coefficient (Wildman–Crippen LogP) is 4.88. The summed E-state index contributed by atoms with van der Waals surface area (Å²) < 4.78 is 12.7. The van der Waals surface area contributed by atoms with Gasteiger partial charge in [0.05, 0.1) is 42.5 Å². The number of amides is 1. The van der Waals surface area contributed by atoms with Crippen LogP contribution >= 0.6 is 0 Å². The van der Waals surface area contributed by atoms with E-state index >= 15 is 0 Å². The van der Waals surface area contributed by atoms with E-state index in [-0.39, 0.29) is 17.4 Å². The molecule has 2 aromatic heterocycles. The molecule has 0 aliphatic heterocycles. The third-order valence-electron chi connectivity index (χ3n) is 6.61. The van der Waals surface area contributed by atoms with Crippen LogP contribution in [0.1, 0.15) is 43.8 Å². The summed E-state index contributed by atoms with van der Waals surface area (Å²) in [7, 11) is 1.57. The van der Waals surface area contributed by atoms with Crippen molar-refractivity contribution in [1.82, 2.24) is 14.5 Å². The zero-order valence-corrected chi connectivity index (χ0v) is 19.3. The molecule has 1 unspecified atom stereocenters. The second-order valence-electron chi connectivity index (χ2n) is 8.65. The number of benzene rings is 2. The third kappa shape index (κ3) is 3.87. The van der Waals surface area contributed by atoms with Crippen LogP contribution in [0.2, 0.25) is 0 Å². The molecule has 7 heteroatoms. The SMILES string of the molecule is COc1ccccc1-n1c(C(C)N(Cc2ccco2)C(=O)C2CCC2)nc2ccccc2c1=O. The lowest BCUT2D eigenvalue weighted by Crippen LogP contribution is -2.42. The summed E-state index contributed by atoms with van der Waals surface area (Å²) in [6, 6.07) is 17.8. The quantitative estimate of drug-likeness (QED) is 0.395. The molecule has 34 heavy (non-hydrogen) atoms. The molecule has 7 nitrogen and oxygen atoms in total. The third-order valence-corrected chi connectivity index (χ3v) is 6.61. The minimum absolute atomic E-state index is 0.00991. The number of nitrogens with zero attached hydrogens (tertiary/aromatic N) is 3. The molecule has 1 aliphatic rings. The Kier molecular flexibility index (Phi) is 5.92. The predicted molar refractivity (Wildman–Crippen MR) is 129 cm³/mol. The Bertz CT molecular complexity index is 1370. The number of carbonyl (C=O) groups is 1. The number of hydrogen-bond acceptors (Lipinski definition) is 5. The van der Waals surface area contributed by atoms with Crippen molar-refractivity contribution in [3.63, 3.8) is 0 Å². The van der Waals surface area contributed by atoms with Crippen LogP contribution < -0.4 is 10.3 Å². The van der Waals surface area contributed by atoms with Crippen molar-refractivity contribution in [3.05, 3.63) is 88.9 Å². The summed E-state index contributed by atoms with van der Waals surface area (Å²) in [5.74, 6) is 1.77. The minimum atomic E-state index is -0.486. The molecule has 0 saturated heterocycles. The number of methoxy groups -OCH3 is 1. The summed E-state index contributed by atoms with van der Waals surface area (Å²) in [6.45, 7) is 2.22.